The van der Waals surface area contributed by atoms with Crippen molar-refractivity contribution in [1.82, 2.24) is 5.32 Å². The smallest absolute Gasteiger partial charge is 0.305 e. The summed E-state index contributed by atoms with van der Waals surface area (Å²) in [4.78, 5) is 25.2. The Balaban J connectivity index is 1.89. The summed E-state index contributed by atoms with van der Waals surface area (Å²) in [5.74, 6) is -0.185. The van der Waals surface area contributed by atoms with Gasteiger partial charge in [-0.15, -0.1) is 0 Å². The van der Waals surface area contributed by atoms with Gasteiger partial charge in [0, 0.05) is 12.8 Å². The summed E-state index contributed by atoms with van der Waals surface area (Å²) in [5.41, 5.74) is 0. The highest BCUT2D eigenvalue weighted by Crippen LogP contribution is 2.23. The molecule has 7 unspecified atom stereocenters. The number of esters is 1. The van der Waals surface area contributed by atoms with E-state index in [1.165, 1.54) is 270 Å². The van der Waals surface area contributed by atoms with Crippen LogP contribution in [0, 0.1) is 0 Å². The summed E-state index contributed by atoms with van der Waals surface area (Å²) in [6.45, 7) is 4.30. The maximum atomic E-state index is 13.0. The SMILES string of the molecule is CCCCC/C=C\C/C=C\CCCCCCCCCCCC(=O)OCCCCCCCCCCCCC/C=C\C/C=C\CCCCCCCCCCCCCCCCCCCC(=O)NC(COC1OC(CO)C(O)C(O)C1O)C(O)/C=C/CC/C=C/CCCCCC. The standard InChI is InChI=1S/C81H147NO10/c1-3-5-7-9-11-13-15-16-17-18-36-40-43-46-49-53-57-61-65-69-77(86)90-70-66-62-58-54-50-47-44-41-38-35-33-31-29-27-25-23-21-19-20-22-24-26-28-30-32-34-37-39-42-45-48-52-56-60-64-68-76(85)82-73(72-91-81-80(89)79(88)78(87)75(71-83)92-81)74(84)67-63-59-55-51-14-12-10-8-6-4-2/h11,13-14,16-17,21,23,27,29,51,63,67,73-75,78-81,83-84,87-89H,3-10,12,15,18-20,22,24-26,28,30-50,52-62,64-66,68-72H2,1-2H3,(H,82,85)/b13-11-,17-16-,23-21-,29-27-,51-14+,67-63+. The van der Waals surface area contributed by atoms with Crippen LogP contribution in [0.1, 0.15) is 367 Å². The first-order valence-electron chi connectivity index (χ1n) is 39.2. The van der Waals surface area contributed by atoms with Gasteiger partial charge < -0.3 is 45.1 Å². The van der Waals surface area contributed by atoms with E-state index in [1.54, 1.807) is 6.08 Å². The molecule has 0 aliphatic carbocycles. The molecule has 0 aromatic carbocycles. The number of nitrogens with one attached hydrogen (secondary N) is 1. The van der Waals surface area contributed by atoms with E-state index in [4.69, 9.17) is 14.2 Å². The zero-order valence-electron chi connectivity index (χ0n) is 59.8. The molecular formula is C81H147NO10. The van der Waals surface area contributed by atoms with E-state index in [-0.39, 0.29) is 18.5 Å². The van der Waals surface area contributed by atoms with Crippen LogP contribution in [0.25, 0.3) is 0 Å². The lowest BCUT2D eigenvalue weighted by molar-refractivity contribution is -0.302. The number of ether oxygens (including phenoxy) is 3. The fourth-order valence-corrected chi connectivity index (χ4v) is 12.1. The predicted octanol–water partition coefficient (Wildman–Crippen LogP) is 21.0. The van der Waals surface area contributed by atoms with Gasteiger partial charge in [0.25, 0.3) is 0 Å². The molecule has 1 aliphatic heterocycles. The van der Waals surface area contributed by atoms with Gasteiger partial charge in [0.2, 0.25) is 5.91 Å². The van der Waals surface area contributed by atoms with Crippen LogP contribution >= 0.6 is 0 Å². The summed E-state index contributed by atoms with van der Waals surface area (Å²) in [7, 11) is 0. The molecule has 1 fully saturated rings. The molecule has 6 N–H and O–H groups in total. The van der Waals surface area contributed by atoms with Gasteiger partial charge in [0.15, 0.2) is 6.29 Å². The van der Waals surface area contributed by atoms with Crippen LogP contribution in [0.15, 0.2) is 72.9 Å². The lowest BCUT2D eigenvalue weighted by Gasteiger charge is -2.40. The highest BCUT2D eigenvalue weighted by molar-refractivity contribution is 5.76. The minimum absolute atomic E-state index is 0.00600. The van der Waals surface area contributed by atoms with Crippen molar-refractivity contribution in [2.75, 3.05) is 19.8 Å². The zero-order valence-corrected chi connectivity index (χ0v) is 59.8. The Hall–Kier alpha value is -2.90. The number of unbranched alkanes of at least 4 members (excludes halogenated alkanes) is 45. The van der Waals surface area contributed by atoms with Crippen molar-refractivity contribution in [2.24, 2.45) is 0 Å². The van der Waals surface area contributed by atoms with Gasteiger partial charge in [-0.1, -0.05) is 318 Å². The summed E-state index contributed by atoms with van der Waals surface area (Å²) in [6.07, 6.45) is 85.1. The third kappa shape index (κ3) is 57.4. The normalized spacial score (nSPS) is 17.9. The lowest BCUT2D eigenvalue weighted by Crippen LogP contribution is -2.60. The van der Waals surface area contributed by atoms with Gasteiger partial charge in [0.05, 0.1) is 32.0 Å². The molecule has 0 saturated carbocycles. The van der Waals surface area contributed by atoms with Crippen LogP contribution in [-0.4, -0.2) is 100 Å². The molecule has 1 rings (SSSR count). The van der Waals surface area contributed by atoms with Gasteiger partial charge in [0.1, 0.15) is 24.4 Å². The molecule has 1 aliphatic rings. The van der Waals surface area contributed by atoms with Crippen molar-refractivity contribution < 1.29 is 49.3 Å². The van der Waals surface area contributed by atoms with Crippen molar-refractivity contribution in [3.05, 3.63) is 72.9 Å². The molecule has 1 amide bonds. The molecule has 92 heavy (non-hydrogen) atoms. The average molecular weight is 1300 g/mol. The van der Waals surface area contributed by atoms with Gasteiger partial charge in [-0.3, -0.25) is 9.59 Å². The predicted molar refractivity (Wildman–Crippen MR) is 389 cm³/mol. The molecule has 1 saturated heterocycles. The Morgan fingerprint density at radius 2 is 0.739 bits per heavy atom. The van der Waals surface area contributed by atoms with Crippen LogP contribution in [0.3, 0.4) is 0 Å². The highest BCUT2D eigenvalue weighted by Gasteiger charge is 2.44. The molecule has 0 aromatic rings. The van der Waals surface area contributed by atoms with Crippen molar-refractivity contribution in [1.29, 1.82) is 0 Å². The fourth-order valence-electron chi connectivity index (χ4n) is 12.1. The number of aliphatic hydroxyl groups is 5. The highest BCUT2D eigenvalue weighted by atomic mass is 16.7. The summed E-state index contributed by atoms with van der Waals surface area (Å²) in [5, 5.41) is 54.4. The van der Waals surface area contributed by atoms with Gasteiger partial charge >= 0.3 is 5.97 Å². The number of carbonyl (C=O) groups excluding carboxylic acids is 2. The first-order chi connectivity index (χ1) is 45.2. The minimum atomic E-state index is -1.58. The lowest BCUT2D eigenvalue weighted by atomic mass is 9.99. The molecule has 7 atom stereocenters. The third-order valence-corrected chi connectivity index (χ3v) is 18.3. The van der Waals surface area contributed by atoms with Crippen LogP contribution in [0.5, 0.6) is 0 Å². The van der Waals surface area contributed by atoms with Crippen molar-refractivity contribution in [3.63, 3.8) is 0 Å². The Morgan fingerprint density at radius 3 is 1.16 bits per heavy atom. The summed E-state index contributed by atoms with van der Waals surface area (Å²) in [6, 6.07) is -0.826. The number of rotatable bonds is 69. The van der Waals surface area contributed by atoms with E-state index in [0.29, 0.717) is 19.4 Å². The third-order valence-electron chi connectivity index (χ3n) is 18.3. The number of allylic oxidation sites excluding steroid dienone is 11. The van der Waals surface area contributed by atoms with Crippen LogP contribution in [0.4, 0.5) is 0 Å². The first-order valence-corrected chi connectivity index (χ1v) is 39.2. The van der Waals surface area contributed by atoms with Crippen LogP contribution < -0.4 is 5.32 Å². The zero-order chi connectivity index (χ0) is 66.5. The average Bonchev–Trinajstić information content (AvgIpc) is 1.42. The molecule has 11 heteroatoms. The van der Waals surface area contributed by atoms with E-state index in [9.17, 15) is 35.1 Å². The second kappa shape index (κ2) is 69.5. The first kappa shape index (κ1) is 87.1. The molecular weight excluding hydrogens is 1150 g/mol. The van der Waals surface area contributed by atoms with E-state index in [1.807, 2.05) is 6.08 Å². The fraction of sp³-hybridized carbons (Fsp3) is 0.827. The number of carbonyl (C=O) groups is 2. The van der Waals surface area contributed by atoms with E-state index in [0.717, 1.165) is 70.6 Å². The van der Waals surface area contributed by atoms with Gasteiger partial charge in [-0.05, 0) is 109 Å². The molecule has 0 aromatic heterocycles. The second-order valence-electron chi connectivity index (χ2n) is 27.0. The summed E-state index contributed by atoms with van der Waals surface area (Å²) >= 11 is 0. The Kier molecular flexibility index (Phi) is 65.8. The quantitative estimate of drug-likeness (QED) is 0.0195. The number of amides is 1. The molecule has 1 heterocycles. The molecule has 0 radical (unpaired) electrons. The van der Waals surface area contributed by atoms with E-state index in [2.05, 4.69) is 79.9 Å². The Bertz CT molecular complexity index is 1760. The summed E-state index contributed by atoms with van der Waals surface area (Å²) < 4.78 is 16.7. The van der Waals surface area contributed by atoms with Gasteiger partial charge in [-0.2, -0.15) is 0 Å². The van der Waals surface area contributed by atoms with Crippen molar-refractivity contribution in [2.45, 2.75) is 410 Å². The van der Waals surface area contributed by atoms with E-state index >= 15 is 0 Å². The minimum Gasteiger partial charge on any atom is -0.466 e. The molecule has 0 bridgehead atoms. The molecule has 536 valence electrons. The maximum Gasteiger partial charge on any atom is 0.305 e. The molecule has 0 spiro atoms. The second-order valence-corrected chi connectivity index (χ2v) is 27.0. The number of aliphatic hydroxyl groups excluding tert-OH is 5. The molecule has 11 nitrogen and oxygen atoms in total. The van der Waals surface area contributed by atoms with Crippen LogP contribution in [-0.2, 0) is 23.8 Å². The van der Waals surface area contributed by atoms with Crippen molar-refractivity contribution in [3.8, 4) is 0 Å². The number of hydrogen-bond acceptors (Lipinski definition) is 10. The topological polar surface area (TPSA) is 175 Å². The largest absolute Gasteiger partial charge is 0.466 e. The van der Waals surface area contributed by atoms with Crippen LogP contribution in [0.2, 0.25) is 0 Å². The monoisotopic (exact) mass is 1290 g/mol. The Labute approximate surface area is 566 Å². The number of hydrogen-bond donors (Lipinski definition) is 6. The maximum absolute atomic E-state index is 13.0. The van der Waals surface area contributed by atoms with Crippen molar-refractivity contribution >= 4 is 11.9 Å². The van der Waals surface area contributed by atoms with Gasteiger partial charge in [-0.25, -0.2) is 0 Å². The Morgan fingerprint density at radius 1 is 0.402 bits per heavy atom. The van der Waals surface area contributed by atoms with E-state index < -0.39 is 49.5 Å².